The van der Waals surface area contributed by atoms with E-state index in [1.54, 1.807) is 24.3 Å². The van der Waals surface area contributed by atoms with Gasteiger partial charge < -0.3 is 9.52 Å². The van der Waals surface area contributed by atoms with Gasteiger partial charge in [-0.2, -0.15) is 13.2 Å². The van der Waals surface area contributed by atoms with Gasteiger partial charge in [0.05, 0.1) is 12.7 Å². The number of hydrogen-bond acceptors (Lipinski definition) is 4. The second-order valence-electron chi connectivity index (χ2n) is 4.88. The molecule has 0 radical (unpaired) electrons. The van der Waals surface area contributed by atoms with Crippen LogP contribution in [0.3, 0.4) is 0 Å². The average molecular weight is 335 g/mol. The molecule has 22 heavy (non-hydrogen) atoms. The van der Waals surface area contributed by atoms with E-state index in [0.717, 1.165) is 5.56 Å². The van der Waals surface area contributed by atoms with E-state index in [1.165, 1.54) is 18.1 Å². The van der Waals surface area contributed by atoms with E-state index < -0.39 is 18.8 Å². The summed E-state index contributed by atoms with van der Waals surface area (Å²) in [5.41, 5.74) is 0.726. The molecule has 0 aliphatic rings. The maximum Gasteiger partial charge on any atom is 0.415 e. The molecule has 1 heterocycles. The number of nitrogens with zero attached hydrogens (tertiary/aromatic N) is 2. The average Bonchev–Trinajstić information content (AvgIpc) is 2.86. The molecule has 1 aromatic heterocycles. The van der Waals surface area contributed by atoms with Gasteiger partial charge in [0.1, 0.15) is 0 Å². The van der Waals surface area contributed by atoms with Crippen molar-refractivity contribution in [2.45, 2.75) is 18.8 Å². The molecule has 0 spiro atoms. The standard InChI is InChI=1S/C14H14ClF3N2O2/c1-20(7-12(21)14(16,17)18)8-13-19-6-11(22-13)9-3-2-4-10(15)5-9/h2-6,12,21H,7-8H2,1H3. The Kier molecular flexibility index (Phi) is 5.10. The summed E-state index contributed by atoms with van der Waals surface area (Å²) in [6.07, 6.45) is -5.56. The molecule has 4 nitrogen and oxygen atoms in total. The van der Waals surface area contributed by atoms with Crippen molar-refractivity contribution < 1.29 is 22.7 Å². The predicted octanol–water partition coefficient (Wildman–Crippen LogP) is 3.35. The minimum absolute atomic E-state index is 0.0493. The molecule has 0 aliphatic carbocycles. The highest BCUT2D eigenvalue weighted by molar-refractivity contribution is 6.30. The van der Waals surface area contributed by atoms with Crippen molar-refractivity contribution in [2.24, 2.45) is 0 Å². The van der Waals surface area contributed by atoms with Crippen LogP contribution in [0.1, 0.15) is 5.89 Å². The summed E-state index contributed by atoms with van der Waals surface area (Å²) in [6.45, 7) is -0.508. The molecule has 1 N–H and O–H groups in total. The molecule has 1 aromatic carbocycles. The number of aliphatic hydroxyl groups excluding tert-OH is 1. The maximum atomic E-state index is 12.3. The lowest BCUT2D eigenvalue weighted by molar-refractivity contribution is -0.207. The quantitative estimate of drug-likeness (QED) is 0.911. The van der Waals surface area contributed by atoms with E-state index >= 15 is 0 Å². The van der Waals surface area contributed by atoms with Gasteiger partial charge in [-0.1, -0.05) is 23.7 Å². The van der Waals surface area contributed by atoms with E-state index in [-0.39, 0.29) is 12.4 Å². The third-order valence-corrected chi connectivity index (χ3v) is 3.17. The van der Waals surface area contributed by atoms with Crippen LogP contribution in [0.25, 0.3) is 11.3 Å². The van der Waals surface area contributed by atoms with Crippen molar-refractivity contribution in [3.05, 3.63) is 41.4 Å². The number of aliphatic hydroxyl groups is 1. The van der Waals surface area contributed by atoms with Crippen molar-refractivity contribution in [1.29, 1.82) is 0 Å². The summed E-state index contributed by atoms with van der Waals surface area (Å²) in [5, 5.41) is 9.56. The van der Waals surface area contributed by atoms with E-state index in [4.69, 9.17) is 21.1 Å². The summed E-state index contributed by atoms with van der Waals surface area (Å²) in [7, 11) is 1.44. The van der Waals surface area contributed by atoms with E-state index in [9.17, 15) is 13.2 Å². The second kappa shape index (κ2) is 6.68. The number of alkyl halides is 3. The fraction of sp³-hybridized carbons (Fsp3) is 0.357. The first-order valence-electron chi connectivity index (χ1n) is 6.39. The van der Waals surface area contributed by atoms with Gasteiger partial charge in [0.2, 0.25) is 5.89 Å². The molecular formula is C14H14ClF3N2O2. The molecule has 0 saturated carbocycles. The highest BCUT2D eigenvalue weighted by Gasteiger charge is 2.38. The van der Waals surface area contributed by atoms with Gasteiger partial charge >= 0.3 is 6.18 Å². The molecule has 0 aliphatic heterocycles. The number of rotatable bonds is 5. The number of hydrogen-bond donors (Lipinski definition) is 1. The SMILES string of the molecule is CN(Cc1ncc(-c2cccc(Cl)c2)o1)CC(O)C(F)(F)F. The first kappa shape index (κ1) is 16.8. The van der Waals surface area contributed by atoms with Gasteiger partial charge in [-0.3, -0.25) is 4.90 Å². The third kappa shape index (κ3) is 4.46. The molecule has 120 valence electrons. The van der Waals surface area contributed by atoms with Gasteiger partial charge in [0.15, 0.2) is 11.9 Å². The minimum atomic E-state index is -4.64. The van der Waals surface area contributed by atoms with Crippen LogP contribution < -0.4 is 0 Å². The molecule has 2 rings (SSSR count). The summed E-state index contributed by atoms with van der Waals surface area (Å²) in [6, 6.07) is 6.95. The lowest BCUT2D eigenvalue weighted by atomic mass is 10.2. The van der Waals surface area contributed by atoms with Gasteiger partial charge in [0, 0.05) is 17.1 Å². The van der Waals surface area contributed by atoms with Gasteiger partial charge in [0.25, 0.3) is 0 Å². The number of halogens is 4. The van der Waals surface area contributed by atoms with Crippen molar-refractivity contribution in [3.63, 3.8) is 0 Å². The van der Waals surface area contributed by atoms with Gasteiger partial charge in [-0.05, 0) is 19.2 Å². The fourth-order valence-corrected chi connectivity index (χ4v) is 2.04. The molecule has 2 aromatic rings. The molecule has 0 fully saturated rings. The van der Waals surface area contributed by atoms with Crippen molar-refractivity contribution in [1.82, 2.24) is 9.88 Å². The number of benzene rings is 1. The number of aromatic nitrogens is 1. The van der Waals surface area contributed by atoms with Crippen LogP contribution >= 0.6 is 11.6 Å². The Morgan fingerprint density at radius 3 is 2.77 bits per heavy atom. The van der Waals surface area contributed by atoms with Crippen molar-refractivity contribution in [3.8, 4) is 11.3 Å². The summed E-state index contributed by atoms with van der Waals surface area (Å²) in [4.78, 5) is 5.30. The third-order valence-electron chi connectivity index (χ3n) is 2.93. The van der Waals surface area contributed by atoms with Crippen LogP contribution in [0.2, 0.25) is 5.02 Å². The summed E-state index contributed by atoms with van der Waals surface area (Å²) >= 11 is 5.88. The lowest BCUT2D eigenvalue weighted by Gasteiger charge is -2.20. The highest BCUT2D eigenvalue weighted by atomic mass is 35.5. The topological polar surface area (TPSA) is 49.5 Å². The van der Waals surface area contributed by atoms with Gasteiger partial charge in [-0.25, -0.2) is 4.98 Å². The van der Waals surface area contributed by atoms with Crippen LogP contribution in [0.5, 0.6) is 0 Å². The maximum absolute atomic E-state index is 12.3. The fourth-order valence-electron chi connectivity index (χ4n) is 1.85. The van der Waals surface area contributed by atoms with Crippen LogP contribution in [0, 0.1) is 0 Å². The second-order valence-corrected chi connectivity index (χ2v) is 5.32. The Hall–Kier alpha value is -1.57. The van der Waals surface area contributed by atoms with Crippen LogP contribution in [-0.4, -0.2) is 40.9 Å². The zero-order valence-electron chi connectivity index (χ0n) is 11.6. The monoisotopic (exact) mass is 334 g/mol. The smallest absolute Gasteiger partial charge is 0.415 e. The first-order chi connectivity index (χ1) is 10.3. The summed E-state index contributed by atoms with van der Waals surface area (Å²) < 4.78 is 42.3. The van der Waals surface area contributed by atoms with Crippen molar-refractivity contribution >= 4 is 11.6 Å². The Bertz CT molecular complexity index is 631. The Labute approximate surface area is 130 Å². The Morgan fingerprint density at radius 1 is 1.41 bits per heavy atom. The molecular weight excluding hydrogens is 321 g/mol. The molecule has 0 saturated heterocycles. The normalized spacial score (nSPS) is 13.6. The molecule has 0 bridgehead atoms. The van der Waals surface area contributed by atoms with Crippen LogP contribution in [-0.2, 0) is 6.54 Å². The van der Waals surface area contributed by atoms with E-state index in [2.05, 4.69) is 4.98 Å². The Morgan fingerprint density at radius 2 is 2.14 bits per heavy atom. The number of oxazole rings is 1. The largest absolute Gasteiger partial charge is 0.439 e. The first-order valence-corrected chi connectivity index (χ1v) is 6.77. The number of likely N-dealkylation sites (N-methyl/N-ethyl adjacent to an activating group) is 1. The Balaban J connectivity index is 2.00. The molecule has 1 atom stereocenters. The molecule has 1 unspecified atom stereocenters. The summed E-state index contributed by atoms with van der Waals surface area (Å²) in [5.74, 6) is 0.731. The molecule has 0 amide bonds. The highest BCUT2D eigenvalue weighted by Crippen LogP contribution is 2.24. The van der Waals surface area contributed by atoms with E-state index in [0.29, 0.717) is 10.8 Å². The van der Waals surface area contributed by atoms with Crippen LogP contribution in [0.4, 0.5) is 13.2 Å². The zero-order valence-corrected chi connectivity index (χ0v) is 12.4. The molecule has 8 heteroatoms. The van der Waals surface area contributed by atoms with Crippen LogP contribution in [0.15, 0.2) is 34.9 Å². The zero-order chi connectivity index (χ0) is 16.3. The minimum Gasteiger partial charge on any atom is -0.439 e. The van der Waals surface area contributed by atoms with E-state index in [1.807, 2.05) is 0 Å². The lowest BCUT2D eigenvalue weighted by Crippen LogP contribution is -2.39. The predicted molar refractivity (Wildman–Crippen MR) is 75.3 cm³/mol. The van der Waals surface area contributed by atoms with Crippen molar-refractivity contribution in [2.75, 3.05) is 13.6 Å². The van der Waals surface area contributed by atoms with Gasteiger partial charge in [-0.15, -0.1) is 0 Å².